The Hall–Kier alpha value is -1.45. The van der Waals surface area contributed by atoms with Crippen LogP contribution in [-0.4, -0.2) is 49.3 Å². The predicted molar refractivity (Wildman–Crippen MR) is 95.1 cm³/mol. The van der Waals surface area contributed by atoms with Crippen molar-refractivity contribution in [2.45, 2.75) is 43.7 Å². The van der Waals surface area contributed by atoms with Crippen molar-refractivity contribution in [1.82, 2.24) is 9.62 Å². The lowest BCUT2D eigenvalue weighted by Gasteiger charge is -2.18. The van der Waals surface area contributed by atoms with Gasteiger partial charge < -0.3 is 10.4 Å². The molecule has 1 saturated heterocycles. The van der Waals surface area contributed by atoms with Crippen molar-refractivity contribution in [2.75, 3.05) is 19.6 Å². The number of hydrogen-bond acceptors (Lipinski definition) is 5. The van der Waals surface area contributed by atoms with Crippen molar-refractivity contribution in [3.63, 3.8) is 0 Å². The molecule has 0 atom stereocenters. The number of nitrogens with zero attached hydrogens (tertiary/aromatic N) is 1. The van der Waals surface area contributed by atoms with E-state index in [4.69, 9.17) is 5.11 Å². The maximum atomic E-state index is 12.5. The second kappa shape index (κ2) is 7.84. The molecule has 0 saturated carbocycles. The first kappa shape index (κ1) is 19.9. The number of amides is 1. The Morgan fingerprint density at radius 1 is 1.28 bits per heavy atom. The second-order valence-corrected chi connectivity index (χ2v) is 10.1. The Bertz CT molecular complexity index is 733. The van der Waals surface area contributed by atoms with Gasteiger partial charge in [0.15, 0.2) is 0 Å². The lowest BCUT2D eigenvalue weighted by atomic mass is 9.90. The van der Waals surface area contributed by atoms with E-state index in [1.165, 1.54) is 4.31 Å². The van der Waals surface area contributed by atoms with Crippen LogP contribution in [0.5, 0.6) is 0 Å². The molecule has 0 spiro atoms. The molecule has 0 aromatic carbocycles. The third-order valence-electron chi connectivity index (χ3n) is 4.28. The number of carbonyl (C=O) groups excluding carboxylic acids is 1. The fourth-order valence-electron chi connectivity index (χ4n) is 2.49. The fraction of sp³-hybridized carbons (Fsp3) is 0.625. The van der Waals surface area contributed by atoms with Crippen LogP contribution in [0, 0.1) is 5.41 Å². The van der Waals surface area contributed by atoms with Crippen molar-refractivity contribution >= 4 is 33.2 Å². The summed E-state index contributed by atoms with van der Waals surface area (Å²) >= 11 is 1.11. The Labute approximate surface area is 152 Å². The standard InChI is InChI=1S/C16H24N2O5S2/c1-16(2,15(20)21)7-8-17-13(19)11-12-5-6-14(24-12)25(22,23)18-9-3-4-10-18/h5-6H,3-4,7-11H2,1-2H3,(H,17,19)(H,20,21). The fourth-order valence-corrected chi connectivity index (χ4v) is 5.52. The van der Waals surface area contributed by atoms with Crippen LogP contribution in [0.15, 0.2) is 16.3 Å². The Kier molecular flexibility index (Phi) is 6.23. The molecule has 0 unspecified atom stereocenters. The zero-order valence-electron chi connectivity index (χ0n) is 14.4. The molecule has 0 radical (unpaired) electrons. The monoisotopic (exact) mass is 388 g/mol. The van der Waals surface area contributed by atoms with Gasteiger partial charge in [-0.2, -0.15) is 4.31 Å². The van der Waals surface area contributed by atoms with Crippen LogP contribution in [0.25, 0.3) is 0 Å². The van der Waals surface area contributed by atoms with Gasteiger partial charge in [-0.05, 0) is 45.2 Å². The Morgan fingerprint density at radius 3 is 2.52 bits per heavy atom. The minimum atomic E-state index is -3.44. The normalized spacial score (nSPS) is 16.1. The van der Waals surface area contributed by atoms with Crippen LogP contribution in [0.3, 0.4) is 0 Å². The van der Waals surface area contributed by atoms with Crippen LogP contribution < -0.4 is 5.32 Å². The topological polar surface area (TPSA) is 104 Å². The highest BCUT2D eigenvalue weighted by Gasteiger charge is 2.29. The Balaban J connectivity index is 1.88. The summed E-state index contributed by atoms with van der Waals surface area (Å²) in [6.07, 6.45) is 2.18. The number of hydrogen-bond donors (Lipinski definition) is 2. The molecule has 1 amide bonds. The van der Waals surface area contributed by atoms with E-state index >= 15 is 0 Å². The van der Waals surface area contributed by atoms with Crippen molar-refractivity contribution in [3.05, 3.63) is 17.0 Å². The van der Waals surface area contributed by atoms with Gasteiger partial charge in [0.25, 0.3) is 10.0 Å². The van der Waals surface area contributed by atoms with E-state index in [-0.39, 0.29) is 23.1 Å². The molecule has 1 aliphatic rings. The van der Waals surface area contributed by atoms with E-state index in [1.54, 1.807) is 26.0 Å². The number of carbonyl (C=O) groups is 2. The van der Waals surface area contributed by atoms with E-state index in [9.17, 15) is 18.0 Å². The van der Waals surface area contributed by atoms with E-state index in [0.717, 1.165) is 24.2 Å². The third-order valence-corrected chi connectivity index (χ3v) is 7.73. The van der Waals surface area contributed by atoms with Crippen LogP contribution in [0.1, 0.15) is 38.0 Å². The number of rotatable bonds is 8. The molecule has 0 aliphatic carbocycles. The van der Waals surface area contributed by atoms with Crippen molar-refractivity contribution in [3.8, 4) is 0 Å². The summed E-state index contributed by atoms with van der Waals surface area (Å²) in [5.41, 5.74) is -0.896. The van der Waals surface area contributed by atoms with Crippen LogP contribution in [0.2, 0.25) is 0 Å². The van der Waals surface area contributed by atoms with E-state index in [2.05, 4.69) is 5.32 Å². The summed E-state index contributed by atoms with van der Waals surface area (Å²) in [6.45, 7) is 4.58. The summed E-state index contributed by atoms with van der Waals surface area (Å²) in [4.78, 5) is 23.7. The molecule has 2 heterocycles. The molecule has 25 heavy (non-hydrogen) atoms. The summed E-state index contributed by atoms with van der Waals surface area (Å²) in [5, 5.41) is 11.7. The highest BCUT2D eigenvalue weighted by Crippen LogP contribution is 2.27. The van der Waals surface area contributed by atoms with Gasteiger partial charge in [0, 0.05) is 24.5 Å². The molecule has 140 valence electrons. The number of carboxylic acid groups (broad SMARTS) is 1. The molecule has 7 nitrogen and oxygen atoms in total. The molecule has 9 heteroatoms. The Morgan fingerprint density at radius 2 is 1.92 bits per heavy atom. The van der Waals surface area contributed by atoms with Gasteiger partial charge in [-0.3, -0.25) is 9.59 Å². The molecular weight excluding hydrogens is 364 g/mol. The van der Waals surface area contributed by atoms with Crippen molar-refractivity contribution < 1.29 is 23.1 Å². The van der Waals surface area contributed by atoms with Gasteiger partial charge in [0.2, 0.25) is 5.91 Å². The highest BCUT2D eigenvalue weighted by molar-refractivity contribution is 7.91. The molecular formula is C16H24N2O5S2. The van der Waals surface area contributed by atoms with Gasteiger partial charge in [0.1, 0.15) is 4.21 Å². The van der Waals surface area contributed by atoms with Crippen molar-refractivity contribution in [1.29, 1.82) is 0 Å². The molecule has 2 rings (SSSR count). The van der Waals surface area contributed by atoms with E-state index < -0.39 is 21.4 Å². The summed E-state index contributed by atoms with van der Waals surface area (Å²) in [7, 11) is -3.44. The number of nitrogens with one attached hydrogen (secondary N) is 1. The quantitative estimate of drug-likeness (QED) is 0.705. The average molecular weight is 389 g/mol. The average Bonchev–Trinajstić information content (AvgIpc) is 3.18. The second-order valence-electron chi connectivity index (χ2n) is 6.80. The number of carboxylic acids is 1. The molecule has 1 aromatic rings. The van der Waals surface area contributed by atoms with Crippen LogP contribution in [-0.2, 0) is 26.0 Å². The van der Waals surface area contributed by atoms with Gasteiger partial charge in [0.05, 0.1) is 11.8 Å². The van der Waals surface area contributed by atoms with E-state index in [1.807, 2.05) is 0 Å². The largest absolute Gasteiger partial charge is 0.481 e. The number of thiophene rings is 1. The smallest absolute Gasteiger partial charge is 0.309 e. The third kappa shape index (κ3) is 5.02. The van der Waals surface area contributed by atoms with Gasteiger partial charge in [-0.1, -0.05) is 0 Å². The van der Waals surface area contributed by atoms with E-state index in [0.29, 0.717) is 24.4 Å². The van der Waals surface area contributed by atoms with Crippen LogP contribution in [0.4, 0.5) is 0 Å². The maximum absolute atomic E-state index is 12.5. The summed E-state index contributed by atoms with van der Waals surface area (Å²) < 4.78 is 26.7. The van der Waals surface area contributed by atoms with Gasteiger partial charge in [-0.25, -0.2) is 8.42 Å². The lowest BCUT2D eigenvalue weighted by Crippen LogP contribution is -2.32. The zero-order valence-corrected chi connectivity index (χ0v) is 16.1. The molecule has 1 aromatic heterocycles. The molecule has 0 bridgehead atoms. The summed E-state index contributed by atoms with van der Waals surface area (Å²) in [6, 6.07) is 3.21. The maximum Gasteiger partial charge on any atom is 0.309 e. The summed E-state index contributed by atoms with van der Waals surface area (Å²) in [5.74, 6) is -1.15. The van der Waals surface area contributed by atoms with Gasteiger partial charge in [-0.15, -0.1) is 11.3 Å². The minimum Gasteiger partial charge on any atom is -0.481 e. The first-order valence-corrected chi connectivity index (χ1v) is 10.5. The number of aliphatic carboxylic acids is 1. The predicted octanol–water partition coefficient (Wildman–Crippen LogP) is 1.69. The first-order chi connectivity index (χ1) is 11.6. The zero-order chi connectivity index (χ0) is 18.7. The number of sulfonamides is 1. The molecule has 2 N–H and O–H groups in total. The minimum absolute atomic E-state index is 0.0910. The van der Waals surface area contributed by atoms with Crippen LogP contribution >= 0.6 is 11.3 Å². The molecule has 1 fully saturated rings. The lowest BCUT2D eigenvalue weighted by molar-refractivity contribution is -0.147. The molecule has 1 aliphatic heterocycles. The van der Waals surface area contributed by atoms with Gasteiger partial charge >= 0.3 is 5.97 Å². The highest BCUT2D eigenvalue weighted by atomic mass is 32.2. The van der Waals surface area contributed by atoms with Crippen molar-refractivity contribution in [2.24, 2.45) is 5.41 Å². The SMILES string of the molecule is CC(C)(CCNC(=O)Cc1ccc(S(=O)(=O)N2CCCC2)s1)C(=O)O. The first-order valence-electron chi connectivity index (χ1n) is 8.22.